The Balaban J connectivity index is 2.26. The topological polar surface area (TPSA) is 68.0 Å². The van der Waals surface area contributed by atoms with Crippen LogP contribution in [0.15, 0.2) is 23.7 Å². The molecule has 0 radical (unpaired) electrons. The highest BCUT2D eigenvalue weighted by Crippen LogP contribution is 2.29. The highest BCUT2D eigenvalue weighted by molar-refractivity contribution is 7.13. The Morgan fingerprint density at radius 3 is 2.76 bits per heavy atom. The Morgan fingerprint density at radius 1 is 1.41 bits per heavy atom. The van der Waals surface area contributed by atoms with Crippen molar-refractivity contribution >= 4 is 51.3 Å². The van der Waals surface area contributed by atoms with Crippen LogP contribution in [0.25, 0.3) is 0 Å². The highest BCUT2D eigenvalue weighted by atomic mass is 35.5. The number of nitrogens with zero attached hydrogens (tertiary/aromatic N) is 1. The largest absolute Gasteiger partial charge is 0.397 e. The van der Waals surface area contributed by atoms with E-state index in [-0.39, 0.29) is 21.6 Å². The van der Waals surface area contributed by atoms with Crippen molar-refractivity contribution in [2.75, 3.05) is 11.1 Å². The molecule has 1 amide bonds. The van der Waals surface area contributed by atoms with E-state index >= 15 is 0 Å². The summed E-state index contributed by atoms with van der Waals surface area (Å²) in [5.74, 6) is -0.329. The zero-order chi connectivity index (χ0) is 12.4. The number of hydrogen-bond acceptors (Lipinski definition) is 4. The fourth-order valence-electron chi connectivity index (χ4n) is 1.20. The van der Waals surface area contributed by atoms with E-state index in [9.17, 15) is 4.79 Å². The number of carbonyl (C=O) groups is 1. The van der Waals surface area contributed by atoms with E-state index in [1.54, 1.807) is 11.6 Å². The van der Waals surface area contributed by atoms with E-state index in [1.807, 2.05) is 0 Å². The van der Waals surface area contributed by atoms with Crippen molar-refractivity contribution in [3.63, 3.8) is 0 Å². The second-order valence-electron chi connectivity index (χ2n) is 3.15. The molecular weight excluding hydrogens is 281 g/mol. The third kappa shape index (κ3) is 2.69. The summed E-state index contributed by atoms with van der Waals surface area (Å²) in [7, 11) is 0. The zero-order valence-corrected chi connectivity index (χ0v) is 10.7. The summed E-state index contributed by atoms with van der Waals surface area (Å²) < 4.78 is 0. The summed E-state index contributed by atoms with van der Waals surface area (Å²) in [6, 6.07) is 2.93. The molecule has 0 spiro atoms. The summed E-state index contributed by atoms with van der Waals surface area (Å²) in [5.41, 5.74) is 6.23. The minimum absolute atomic E-state index is 0.246. The smallest absolute Gasteiger partial charge is 0.257 e. The predicted molar refractivity (Wildman–Crippen MR) is 70.9 cm³/mol. The van der Waals surface area contributed by atoms with Crippen LogP contribution in [-0.2, 0) is 0 Å². The molecule has 0 aliphatic rings. The Bertz CT molecular complexity index is 534. The van der Waals surface area contributed by atoms with Crippen LogP contribution in [0.4, 0.5) is 10.8 Å². The predicted octanol–water partition coefficient (Wildman–Crippen LogP) is 3.28. The summed E-state index contributed by atoms with van der Waals surface area (Å²) >= 11 is 13.0. The number of rotatable bonds is 2. The van der Waals surface area contributed by atoms with Crippen molar-refractivity contribution in [2.24, 2.45) is 0 Å². The van der Waals surface area contributed by atoms with Gasteiger partial charge in [0, 0.05) is 17.1 Å². The molecule has 3 N–H and O–H groups in total. The van der Waals surface area contributed by atoms with Gasteiger partial charge in [0.1, 0.15) is 0 Å². The van der Waals surface area contributed by atoms with Crippen LogP contribution in [0.3, 0.4) is 0 Å². The quantitative estimate of drug-likeness (QED) is 0.833. The van der Waals surface area contributed by atoms with Gasteiger partial charge in [-0.15, -0.1) is 11.3 Å². The number of anilines is 2. The molecule has 88 valence electrons. The first-order chi connectivity index (χ1) is 8.08. The van der Waals surface area contributed by atoms with E-state index < -0.39 is 0 Å². The van der Waals surface area contributed by atoms with Crippen molar-refractivity contribution in [1.29, 1.82) is 0 Å². The minimum Gasteiger partial charge on any atom is -0.397 e. The summed E-state index contributed by atoms with van der Waals surface area (Å²) in [4.78, 5) is 15.8. The molecule has 7 heteroatoms. The fourth-order valence-corrected chi connectivity index (χ4v) is 2.06. The number of amides is 1. The second-order valence-corrected chi connectivity index (χ2v) is 4.83. The molecule has 0 saturated heterocycles. The lowest BCUT2D eigenvalue weighted by Crippen LogP contribution is -2.12. The number of halogens is 2. The molecule has 0 saturated carbocycles. The first kappa shape index (κ1) is 12.2. The van der Waals surface area contributed by atoms with Gasteiger partial charge in [0.2, 0.25) is 0 Å². The van der Waals surface area contributed by atoms with E-state index in [0.717, 1.165) is 0 Å². The van der Waals surface area contributed by atoms with Gasteiger partial charge in [0.25, 0.3) is 5.91 Å². The summed E-state index contributed by atoms with van der Waals surface area (Å²) in [6.07, 6.45) is 1.60. The van der Waals surface area contributed by atoms with Crippen LogP contribution in [0.5, 0.6) is 0 Å². The molecule has 0 fully saturated rings. The van der Waals surface area contributed by atoms with Gasteiger partial charge < -0.3 is 5.73 Å². The molecule has 17 heavy (non-hydrogen) atoms. The highest BCUT2D eigenvalue weighted by Gasteiger charge is 2.12. The molecule has 1 heterocycles. The fraction of sp³-hybridized carbons (Fsp3) is 0. The maximum absolute atomic E-state index is 11.8. The molecule has 1 aromatic heterocycles. The lowest BCUT2D eigenvalue weighted by molar-refractivity contribution is 0.102. The molecule has 0 bridgehead atoms. The van der Waals surface area contributed by atoms with Crippen molar-refractivity contribution in [1.82, 2.24) is 4.98 Å². The Hall–Kier alpha value is -1.30. The summed E-state index contributed by atoms with van der Waals surface area (Å²) in [5, 5.41) is 5.39. The first-order valence-electron chi connectivity index (χ1n) is 4.53. The normalized spacial score (nSPS) is 10.2. The van der Waals surface area contributed by atoms with Crippen LogP contribution < -0.4 is 11.1 Å². The monoisotopic (exact) mass is 287 g/mol. The Morgan fingerprint density at radius 2 is 2.18 bits per heavy atom. The van der Waals surface area contributed by atoms with E-state index in [0.29, 0.717) is 10.7 Å². The molecule has 0 aliphatic carbocycles. The van der Waals surface area contributed by atoms with Gasteiger partial charge in [0.15, 0.2) is 5.13 Å². The number of aromatic nitrogens is 1. The van der Waals surface area contributed by atoms with Crippen molar-refractivity contribution in [3.05, 3.63) is 39.3 Å². The van der Waals surface area contributed by atoms with Crippen LogP contribution >= 0.6 is 34.5 Å². The molecule has 2 rings (SSSR count). The maximum atomic E-state index is 11.8. The maximum Gasteiger partial charge on any atom is 0.257 e. The number of thiazole rings is 1. The molecule has 0 unspecified atom stereocenters. The SMILES string of the molecule is Nc1cc(C(=O)Nc2nccs2)cc(Cl)c1Cl. The van der Waals surface area contributed by atoms with Crippen LogP contribution in [0, 0.1) is 0 Å². The van der Waals surface area contributed by atoms with Gasteiger partial charge >= 0.3 is 0 Å². The van der Waals surface area contributed by atoms with Crippen LogP contribution in [0.1, 0.15) is 10.4 Å². The number of benzene rings is 1. The molecule has 0 aliphatic heterocycles. The lowest BCUT2D eigenvalue weighted by Gasteiger charge is -2.05. The Kier molecular flexibility index (Phi) is 3.51. The standard InChI is InChI=1S/C10H7Cl2N3OS/c11-6-3-5(4-7(13)8(6)12)9(16)15-10-14-1-2-17-10/h1-4H,13H2,(H,14,15,16). The van der Waals surface area contributed by atoms with Crippen molar-refractivity contribution in [2.45, 2.75) is 0 Å². The molecule has 2 aromatic rings. The lowest BCUT2D eigenvalue weighted by atomic mass is 10.2. The third-order valence-electron chi connectivity index (χ3n) is 1.97. The second kappa shape index (κ2) is 4.91. The van der Waals surface area contributed by atoms with Crippen LogP contribution in [-0.4, -0.2) is 10.9 Å². The molecule has 4 nitrogen and oxygen atoms in total. The number of nitrogen functional groups attached to an aromatic ring is 1. The van der Waals surface area contributed by atoms with Gasteiger partial charge in [-0.25, -0.2) is 4.98 Å². The number of nitrogens with one attached hydrogen (secondary N) is 1. The van der Waals surface area contributed by atoms with E-state index in [4.69, 9.17) is 28.9 Å². The molecule has 0 atom stereocenters. The van der Waals surface area contributed by atoms with E-state index in [1.165, 1.54) is 23.5 Å². The first-order valence-corrected chi connectivity index (χ1v) is 6.17. The number of hydrogen-bond donors (Lipinski definition) is 2. The van der Waals surface area contributed by atoms with Gasteiger partial charge in [-0.1, -0.05) is 23.2 Å². The van der Waals surface area contributed by atoms with Gasteiger partial charge in [0.05, 0.1) is 15.7 Å². The van der Waals surface area contributed by atoms with Crippen LogP contribution in [0.2, 0.25) is 10.0 Å². The minimum atomic E-state index is -0.329. The van der Waals surface area contributed by atoms with Crippen molar-refractivity contribution in [3.8, 4) is 0 Å². The third-order valence-corrected chi connectivity index (χ3v) is 3.48. The zero-order valence-electron chi connectivity index (χ0n) is 8.41. The average Bonchev–Trinajstić information content (AvgIpc) is 2.77. The van der Waals surface area contributed by atoms with Crippen molar-refractivity contribution < 1.29 is 4.79 Å². The van der Waals surface area contributed by atoms with Gasteiger partial charge in [-0.05, 0) is 12.1 Å². The number of nitrogens with two attached hydrogens (primary N) is 1. The van der Waals surface area contributed by atoms with Gasteiger partial charge in [-0.3, -0.25) is 10.1 Å². The Labute approximate surface area is 111 Å². The number of carbonyl (C=O) groups excluding carboxylic acids is 1. The average molecular weight is 288 g/mol. The van der Waals surface area contributed by atoms with Gasteiger partial charge in [-0.2, -0.15) is 0 Å². The van der Waals surface area contributed by atoms with E-state index in [2.05, 4.69) is 10.3 Å². The molecular formula is C10H7Cl2N3OS. The summed E-state index contributed by atoms with van der Waals surface area (Å²) in [6.45, 7) is 0. The molecule has 1 aromatic carbocycles.